The molecule has 2 aromatic rings. The first-order valence-corrected chi connectivity index (χ1v) is 12.6. The van der Waals surface area contributed by atoms with Gasteiger partial charge in [0.25, 0.3) is 5.91 Å². The molecule has 0 saturated carbocycles. The minimum atomic E-state index is -3.22. The summed E-state index contributed by atoms with van der Waals surface area (Å²) in [5, 5.41) is 5.57. The second kappa shape index (κ2) is 11.6. The Hall–Kier alpha value is -3.17. The topological polar surface area (TPSA) is 105 Å². The van der Waals surface area contributed by atoms with E-state index in [4.69, 9.17) is 4.74 Å². The molecular formula is C24H29N3O5S. The van der Waals surface area contributed by atoms with Gasteiger partial charge in [0.1, 0.15) is 0 Å². The number of amides is 2. The zero-order valence-corrected chi connectivity index (χ0v) is 19.4. The predicted molar refractivity (Wildman–Crippen MR) is 130 cm³/mol. The molecule has 0 unspecified atom stereocenters. The smallest absolute Gasteiger partial charge is 0.251 e. The monoisotopic (exact) mass is 471 g/mol. The van der Waals surface area contributed by atoms with Gasteiger partial charge in [0.15, 0.2) is 0 Å². The van der Waals surface area contributed by atoms with Crippen LogP contribution >= 0.6 is 0 Å². The molecule has 3 rings (SSSR count). The van der Waals surface area contributed by atoms with Crippen molar-refractivity contribution in [1.82, 2.24) is 5.32 Å². The Kier molecular flexibility index (Phi) is 8.62. The first-order chi connectivity index (χ1) is 15.9. The van der Waals surface area contributed by atoms with E-state index >= 15 is 0 Å². The van der Waals surface area contributed by atoms with Crippen LogP contribution in [0, 0.1) is 0 Å². The van der Waals surface area contributed by atoms with Crippen molar-refractivity contribution in [2.45, 2.75) is 19.8 Å². The summed E-state index contributed by atoms with van der Waals surface area (Å²) in [6, 6.07) is 13.7. The van der Waals surface area contributed by atoms with Crippen molar-refractivity contribution in [3.8, 4) is 0 Å². The van der Waals surface area contributed by atoms with Crippen LogP contribution in [0.15, 0.2) is 54.6 Å². The number of sulfonamides is 1. The number of hydrogen-bond donors (Lipinski definition) is 2. The van der Waals surface area contributed by atoms with E-state index in [9.17, 15) is 18.0 Å². The average Bonchev–Trinajstić information content (AvgIpc) is 3.17. The number of hydrogen-bond acceptors (Lipinski definition) is 5. The van der Waals surface area contributed by atoms with Gasteiger partial charge in [0.2, 0.25) is 15.9 Å². The minimum absolute atomic E-state index is 0.172. The molecule has 1 heterocycles. The molecular weight excluding hydrogens is 442 g/mol. The van der Waals surface area contributed by atoms with Crippen LogP contribution in [0.3, 0.4) is 0 Å². The quantitative estimate of drug-likeness (QED) is 0.409. The lowest BCUT2D eigenvalue weighted by atomic mass is 10.1. The highest BCUT2D eigenvalue weighted by atomic mass is 32.2. The molecule has 33 heavy (non-hydrogen) atoms. The Morgan fingerprint density at radius 3 is 2.64 bits per heavy atom. The van der Waals surface area contributed by atoms with E-state index in [1.807, 2.05) is 6.92 Å². The minimum Gasteiger partial charge on any atom is -0.382 e. The first-order valence-electron chi connectivity index (χ1n) is 10.9. The summed E-state index contributed by atoms with van der Waals surface area (Å²) in [6.07, 6.45) is 4.39. The van der Waals surface area contributed by atoms with Gasteiger partial charge in [-0.3, -0.25) is 13.9 Å². The Balaban J connectivity index is 1.53. The molecule has 2 N–H and O–H groups in total. The Bertz CT molecular complexity index is 1100. The predicted octanol–water partition coefficient (Wildman–Crippen LogP) is 3.03. The molecule has 2 aromatic carbocycles. The first kappa shape index (κ1) is 24.5. The number of ether oxygens (including phenoxy) is 1. The van der Waals surface area contributed by atoms with Crippen molar-refractivity contribution in [2.24, 2.45) is 0 Å². The summed E-state index contributed by atoms with van der Waals surface area (Å²) in [5.41, 5.74) is 2.37. The maximum atomic E-state index is 12.3. The van der Waals surface area contributed by atoms with Gasteiger partial charge >= 0.3 is 0 Å². The van der Waals surface area contributed by atoms with Gasteiger partial charge < -0.3 is 15.4 Å². The molecule has 1 aliphatic heterocycles. The number of anilines is 2. The zero-order chi connectivity index (χ0) is 23.7. The molecule has 1 fully saturated rings. The fourth-order valence-corrected chi connectivity index (χ4v) is 4.96. The maximum absolute atomic E-state index is 12.3. The fraction of sp³-hybridized carbons (Fsp3) is 0.333. The lowest BCUT2D eigenvalue weighted by molar-refractivity contribution is -0.111. The molecule has 9 heteroatoms. The molecule has 0 atom stereocenters. The summed E-state index contributed by atoms with van der Waals surface area (Å²) < 4.78 is 30.7. The molecule has 176 valence electrons. The van der Waals surface area contributed by atoms with Gasteiger partial charge in [0, 0.05) is 43.6 Å². The van der Waals surface area contributed by atoms with Crippen LogP contribution in [0.2, 0.25) is 0 Å². The van der Waals surface area contributed by atoms with E-state index in [1.165, 1.54) is 10.4 Å². The average molecular weight is 472 g/mol. The third kappa shape index (κ3) is 7.16. The molecule has 0 bridgehead atoms. The second-order valence-corrected chi connectivity index (χ2v) is 9.56. The third-order valence-corrected chi connectivity index (χ3v) is 6.92. The van der Waals surface area contributed by atoms with E-state index in [-0.39, 0.29) is 17.6 Å². The molecule has 2 amide bonds. The van der Waals surface area contributed by atoms with E-state index in [0.717, 1.165) is 12.0 Å². The molecule has 0 radical (unpaired) electrons. The zero-order valence-electron chi connectivity index (χ0n) is 18.6. The number of rotatable bonds is 10. The van der Waals surface area contributed by atoms with Crippen molar-refractivity contribution in [3.63, 3.8) is 0 Å². The number of carbonyl (C=O) groups is 2. The van der Waals surface area contributed by atoms with E-state index < -0.39 is 10.0 Å². The molecule has 0 spiro atoms. The van der Waals surface area contributed by atoms with Gasteiger partial charge in [0.05, 0.1) is 11.4 Å². The van der Waals surface area contributed by atoms with Crippen molar-refractivity contribution in [1.29, 1.82) is 0 Å². The van der Waals surface area contributed by atoms with Crippen LogP contribution < -0.4 is 14.9 Å². The Morgan fingerprint density at radius 1 is 1.15 bits per heavy atom. The number of nitrogens with zero attached hydrogens (tertiary/aromatic N) is 1. The lowest BCUT2D eigenvalue weighted by Gasteiger charge is -2.16. The second-order valence-electron chi connectivity index (χ2n) is 7.54. The fourth-order valence-electron chi connectivity index (χ4n) is 3.40. The Morgan fingerprint density at radius 2 is 1.94 bits per heavy atom. The highest BCUT2D eigenvalue weighted by molar-refractivity contribution is 7.93. The molecule has 1 saturated heterocycles. The van der Waals surface area contributed by atoms with Crippen LogP contribution in [0.25, 0.3) is 6.08 Å². The largest absolute Gasteiger partial charge is 0.382 e. The maximum Gasteiger partial charge on any atom is 0.251 e. The van der Waals surface area contributed by atoms with Gasteiger partial charge in [-0.25, -0.2) is 8.42 Å². The highest BCUT2D eigenvalue weighted by Crippen LogP contribution is 2.24. The van der Waals surface area contributed by atoms with Crippen LogP contribution in [-0.2, 0) is 19.6 Å². The third-order valence-electron chi connectivity index (χ3n) is 5.05. The van der Waals surface area contributed by atoms with Crippen LogP contribution in [0.5, 0.6) is 0 Å². The van der Waals surface area contributed by atoms with Crippen LogP contribution in [0.1, 0.15) is 35.7 Å². The number of benzene rings is 2. The molecule has 1 aliphatic rings. The molecule has 8 nitrogen and oxygen atoms in total. The molecule has 0 aromatic heterocycles. The summed E-state index contributed by atoms with van der Waals surface area (Å²) >= 11 is 0. The number of nitrogens with one attached hydrogen (secondary N) is 2. The SMILES string of the molecule is CCOCCCNC(=O)c1cccc(NC(=O)/C=C/c2ccc(N3CCCS3(=O)=O)cc2)c1. The Labute approximate surface area is 194 Å². The van der Waals surface area contributed by atoms with E-state index in [0.29, 0.717) is 49.7 Å². The normalized spacial score (nSPS) is 15.0. The van der Waals surface area contributed by atoms with E-state index in [1.54, 1.807) is 54.6 Å². The van der Waals surface area contributed by atoms with Crippen molar-refractivity contribution < 1.29 is 22.7 Å². The molecule has 0 aliphatic carbocycles. The van der Waals surface area contributed by atoms with Crippen molar-refractivity contribution in [2.75, 3.05) is 41.7 Å². The number of carbonyl (C=O) groups excluding carboxylic acids is 2. The lowest BCUT2D eigenvalue weighted by Crippen LogP contribution is -2.25. The van der Waals surface area contributed by atoms with Crippen molar-refractivity contribution in [3.05, 3.63) is 65.7 Å². The van der Waals surface area contributed by atoms with Crippen LogP contribution in [0.4, 0.5) is 11.4 Å². The van der Waals surface area contributed by atoms with Crippen LogP contribution in [-0.4, -0.2) is 52.3 Å². The summed E-state index contributed by atoms with van der Waals surface area (Å²) in [5.74, 6) is -0.375. The standard InChI is InChI=1S/C24H29N3O5S/c1-2-32-16-4-14-25-24(29)20-6-3-7-21(18-20)26-23(28)13-10-19-8-11-22(12-9-19)27-15-5-17-33(27,30)31/h3,6-13,18H,2,4-5,14-17H2,1H3,(H,25,29)(H,26,28)/b13-10+. The van der Waals surface area contributed by atoms with Gasteiger partial charge in [-0.05, 0) is 61.7 Å². The summed E-state index contributed by atoms with van der Waals surface area (Å²) in [7, 11) is -3.22. The van der Waals surface area contributed by atoms with Gasteiger partial charge in [-0.2, -0.15) is 0 Å². The van der Waals surface area contributed by atoms with Gasteiger partial charge in [-0.15, -0.1) is 0 Å². The summed E-state index contributed by atoms with van der Waals surface area (Å²) in [6.45, 7) is 4.18. The van der Waals surface area contributed by atoms with E-state index in [2.05, 4.69) is 10.6 Å². The van der Waals surface area contributed by atoms with Crippen molar-refractivity contribution >= 4 is 39.3 Å². The van der Waals surface area contributed by atoms with Gasteiger partial charge in [-0.1, -0.05) is 18.2 Å². The highest BCUT2D eigenvalue weighted by Gasteiger charge is 2.28. The summed E-state index contributed by atoms with van der Waals surface area (Å²) in [4.78, 5) is 24.6.